The third-order valence-electron chi connectivity index (χ3n) is 3.76. The molecule has 1 aromatic carbocycles. The maximum atomic E-state index is 5.93. The molecule has 0 spiro atoms. The van der Waals surface area contributed by atoms with E-state index in [1.54, 1.807) is 0 Å². The zero-order valence-corrected chi connectivity index (χ0v) is 15.5. The first kappa shape index (κ1) is 18.6. The molecular weight excluding hydrogens is 448 g/mol. The van der Waals surface area contributed by atoms with Gasteiger partial charge >= 0.3 is 0 Å². The molecule has 5 N–H and O–H groups in total. The second-order valence-corrected chi connectivity index (χ2v) is 5.41. The van der Waals surface area contributed by atoms with Gasteiger partial charge in [0.15, 0.2) is 0 Å². The Morgan fingerprint density at radius 3 is 2.45 bits per heavy atom. The van der Waals surface area contributed by atoms with E-state index in [1.165, 1.54) is 31.2 Å². The van der Waals surface area contributed by atoms with Crippen LogP contribution in [0.15, 0.2) is 24.3 Å². The first-order valence-electron chi connectivity index (χ1n) is 7.11. The largest absolute Gasteiger partial charge is 0.418 e. The molecule has 5 nitrogen and oxygen atoms in total. The molecule has 1 saturated carbocycles. The summed E-state index contributed by atoms with van der Waals surface area (Å²) in [5.41, 5.74) is 8.63. The maximum absolute atomic E-state index is 5.93. The summed E-state index contributed by atoms with van der Waals surface area (Å²) < 4.78 is 0. The van der Waals surface area contributed by atoms with E-state index >= 15 is 0 Å². The first-order chi connectivity index (χ1) is 9.72. The van der Waals surface area contributed by atoms with Crippen LogP contribution in [-0.4, -0.2) is 21.5 Å². The van der Waals surface area contributed by atoms with Crippen LogP contribution in [0.1, 0.15) is 31.2 Å². The van der Waals surface area contributed by atoms with Crippen LogP contribution in [0.3, 0.4) is 0 Å². The molecule has 1 aromatic heterocycles. The zero-order chi connectivity index (χ0) is 13.9. The molecule has 6 heteroatoms. The molecule has 0 atom stereocenters. The number of hydrogen-bond acceptors (Lipinski definition) is 4. The van der Waals surface area contributed by atoms with E-state index in [-0.39, 0.29) is 26.5 Å². The molecule has 1 heterocycles. The molecule has 0 amide bonds. The number of hydrogen-bond donors (Lipinski definition) is 2. The Labute approximate surface area is 145 Å². The van der Waals surface area contributed by atoms with Gasteiger partial charge in [-0.3, -0.25) is 0 Å². The van der Waals surface area contributed by atoms with Gasteiger partial charge in [0, 0.05) is 38.7 Å². The van der Waals surface area contributed by atoms with E-state index in [9.17, 15) is 0 Å². The number of aromatic nitrogens is 2. The van der Waals surface area contributed by atoms with Gasteiger partial charge in [0.2, 0.25) is 0 Å². The second-order valence-electron chi connectivity index (χ2n) is 5.41. The summed E-state index contributed by atoms with van der Waals surface area (Å²) in [6, 6.07) is 8.63. The minimum absolute atomic E-state index is 0. The molecule has 1 aliphatic rings. The summed E-state index contributed by atoms with van der Waals surface area (Å²) in [6.07, 6.45) is 7.78. The normalized spacial score (nSPS) is 14.0. The number of nitrogens with one attached hydrogen (secondary N) is 1. The van der Waals surface area contributed by atoms with Gasteiger partial charge in [0.05, 0.1) is 0 Å². The summed E-state index contributed by atoms with van der Waals surface area (Å²) in [7, 11) is 0. The third kappa shape index (κ3) is 4.28. The number of nitrogens with two attached hydrogens (primary N) is 1. The average molecular weight is 469 g/mol. The molecule has 0 saturated heterocycles. The van der Waals surface area contributed by atoms with Crippen molar-refractivity contribution >= 4 is 11.5 Å². The fourth-order valence-corrected chi connectivity index (χ4v) is 2.56. The summed E-state index contributed by atoms with van der Waals surface area (Å²) in [6.45, 7) is 2.06. The minimum atomic E-state index is 0. The van der Waals surface area contributed by atoms with E-state index in [1.807, 2.05) is 12.1 Å². The van der Waals surface area contributed by atoms with Crippen LogP contribution in [0, 0.1) is 13.1 Å². The van der Waals surface area contributed by atoms with Crippen LogP contribution in [0.5, 0.6) is 0 Å². The number of aryl methyl sites for hydroxylation is 1. The topological polar surface area (TPSA) is 95.3 Å². The monoisotopic (exact) mass is 469 g/mol. The van der Waals surface area contributed by atoms with E-state index in [0.29, 0.717) is 23.4 Å². The molecular formula is C16H21N4OW-. The van der Waals surface area contributed by atoms with Crippen molar-refractivity contribution in [1.29, 1.82) is 0 Å². The van der Waals surface area contributed by atoms with Crippen molar-refractivity contribution < 1.29 is 26.5 Å². The van der Waals surface area contributed by atoms with Crippen molar-refractivity contribution in [1.82, 2.24) is 9.97 Å². The Hall–Kier alpha value is -1.45. The molecule has 1 aliphatic carbocycles. The van der Waals surface area contributed by atoms with Gasteiger partial charge in [0.1, 0.15) is 0 Å². The van der Waals surface area contributed by atoms with Gasteiger partial charge in [-0.05, 0) is 31.0 Å². The SMILES string of the molecule is Cc1ccc(-c2n[c-]c(N)c(NC3CCCC3)n2)cc1.O.[W]. The number of anilines is 2. The van der Waals surface area contributed by atoms with Crippen LogP contribution in [-0.2, 0) is 21.1 Å². The molecule has 118 valence electrons. The molecule has 0 bridgehead atoms. The quantitative estimate of drug-likeness (QED) is 0.676. The third-order valence-corrected chi connectivity index (χ3v) is 3.76. The minimum Gasteiger partial charge on any atom is -0.418 e. The Kier molecular flexibility index (Phi) is 6.98. The van der Waals surface area contributed by atoms with Crippen molar-refractivity contribution in [2.75, 3.05) is 11.1 Å². The maximum Gasteiger partial charge on any atom is 0.0460 e. The van der Waals surface area contributed by atoms with Gasteiger partial charge in [-0.25, -0.2) is 0 Å². The predicted octanol–water partition coefficient (Wildman–Crippen LogP) is 2.36. The molecule has 0 radical (unpaired) electrons. The smallest absolute Gasteiger partial charge is 0.0460 e. The van der Waals surface area contributed by atoms with Crippen LogP contribution in [0.25, 0.3) is 11.4 Å². The van der Waals surface area contributed by atoms with E-state index in [0.717, 1.165) is 5.56 Å². The predicted molar refractivity (Wildman–Crippen MR) is 84.9 cm³/mol. The van der Waals surface area contributed by atoms with Crippen LogP contribution in [0.2, 0.25) is 0 Å². The Morgan fingerprint density at radius 2 is 1.82 bits per heavy atom. The van der Waals surface area contributed by atoms with Gasteiger partial charge in [-0.1, -0.05) is 48.9 Å². The fraction of sp³-hybridized carbons (Fsp3) is 0.375. The Balaban J connectivity index is 0.00000121. The van der Waals surface area contributed by atoms with E-state index in [4.69, 9.17) is 5.73 Å². The molecule has 3 rings (SSSR count). The van der Waals surface area contributed by atoms with Crippen molar-refractivity contribution in [2.24, 2.45) is 0 Å². The van der Waals surface area contributed by atoms with E-state index < -0.39 is 0 Å². The summed E-state index contributed by atoms with van der Waals surface area (Å²) in [5, 5.41) is 3.42. The molecule has 0 aliphatic heterocycles. The van der Waals surface area contributed by atoms with Crippen molar-refractivity contribution in [3.8, 4) is 11.4 Å². The molecule has 0 unspecified atom stereocenters. The summed E-state index contributed by atoms with van der Waals surface area (Å²) in [4.78, 5) is 8.77. The number of nitrogen functional groups attached to an aromatic ring is 1. The Bertz CT molecular complexity index is 598. The summed E-state index contributed by atoms with van der Waals surface area (Å²) in [5.74, 6) is 1.38. The fourth-order valence-electron chi connectivity index (χ4n) is 2.56. The molecule has 1 fully saturated rings. The molecule has 22 heavy (non-hydrogen) atoms. The van der Waals surface area contributed by atoms with Crippen LogP contribution >= 0.6 is 0 Å². The van der Waals surface area contributed by atoms with E-state index in [2.05, 4.69) is 40.5 Å². The van der Waals surface area contributed by atoms with Gasteiger partial charge in [0.25, 0.3) is 0 Å². The molecule has 2 aromatic rings. The first-order valence-corrected chi connectivity index (χ1v) is 7.11. The Morgan fingerprint density at radius 1 is 1.18 bits per heavy atom. The van der Waals surface area contributed by atoms with Gasteiger partial charge in [-0.15, -0.1) is 0 Å². The number of rotatable bonds is 3. The van der Waals surface area contributed by atoms with Crippen LogP contribution in [0.4, 0.5) is 11.5 Å². The van der Waals surface area contributed by atoms with Crippen molar-refractivity contribution in [3.63, 3.8) is 0 Å². The number of benzene rings is 1. The second kappa shape index (κ2) is 8.25. The number of nitrogens with zero attached hydrogens (tertiary/aromatic N) is 2. The zero-order valence-electron chi connectivity index (χ0n) is 12.6. The standard InChI is InChI=1S/C16H19N4.H2O.W/c1-11-6-8-12(9-7-11)15-18-10-14(17)16(20-15)19-13-4-2-3-5-13;;/h6-9,13H,2-5,17H2,1H3,(H,18,19,20);1H2;/q-1;;. The van der Waals surface area contributed by atoms with Crippen molar-refractivity contribution in [2.45, 2.75) is 38.6 Å². The van der Waals surface area contributed by atoms with Gasteiger partial charge in [-0.2, -0.15) is 0 Å². The van der Waals surface area contributed by atoms with Gasteiger partial charge < -0.3 is 26.5 Å². The average Bonchev–Trinajstić information content (AvgIpc) is 2.95. The van der Waals surface area contributed by atoms with Crippen molar-refractivity contribution in [3.05, 3.63) is 36.0 Å². The summed E-state index contributed by atoms with van der Waals surface area (Å²) >= 11 is 0. The van der Waals surface area contributed by atoms with Crippen LogP contribution < -0.4 is 11.1 Å².